The summed E-state index contributed by atoms with van der Waals surface area (Å²) >= 11 is 0. The van der Waals surface area contributed by atoms with Crippen molar-refractivity contribution in [1.82, 2.24) is 14.3 Å². The summed E-state index contributed by atoms with van der Waals surface area (Å²) in [5.41, 5.74) is 0.219. The number of hydrogen-bond donors (Lipinski definition) is 2. The lowest BCUT2D eigenvalue weighted by atomic mass is 9.98. The molecular formula is C13H27N3O2S. The Morgan fingerprint density at radius 3 is 2.42 bits per heavy atom. The highest BCUT2D eigenvalue weighted by molar-refractivity contribution is 7.87. The summed E-state index contributed by atoms with van der Waals surface area (Å²) in [6.45, 7) is 8.13. The lowest BCUT2D eigenvalue weighted by Gasteiger charge is -2.31. The van der Waals surface area contributed by atoms with Crippen LogP contribution in [-0.4, -0.2) is 45.4 Å². The molecule has 2 aliphatic rings. The van der Waals surface area contributed by atoms with Gasteiger partial charge in [-0.3, -0.25) is 0 Å². The molecule has 5 nitrogen and oxygen atoms in total. The van der Waals surface area contributed by atoms with Crippen molar-refractivity contribution in [3.05, 3.63) is 0 Å². The van der Waals surface area contributed by atoms with Crippen LogP contribution >= 0.6 is 0 Å². The van der Waals surface area contributed by atoms with Crippen molar-refractivity contribution in [2.75, 3.05) is 32.7 Å². The van der Waals surface area contributed by atoms with E-state index in [0.29, 0.717) is 25.6 Å². The molecule has 1 saturated carbocycles. The highest BCUT2D eigenvalue weighted by atomic mass is 32.2. The van der Waals surface area contributed by atoms with Gasteiger partial charge in [-0.2, -0.15) is 12.7 Å². The molecule has 19 heavy (non-hydrogen) atoms. The number of piperidine rings is 1. The second-order valence-electron chi connectivity index (χ2n) is 6.29. The van der Waals surface area contributed by atoms with Crippen LogP contribution in [0, 0.1) is 11.3 Å². The molecule has 1 saturated heterocycles. The smallest absolute Gasteiger partial charge is 0.279 e. The lowest BCUT2D eigenvalue weighted by molar-refractivity contribution is 0.265. The Labute approximate surface area is 117 Å². The van der Waals surface area contributed by atoms with E-state index in [1.807, 2.05) is 0 Å². The molecule has 0 spiro atoms. The maximum Gasteiger partial charge on any atom is 0.279 e. The zero-order chi connectivity index (χ0) is 13.9. The van der Waals surface area contributed by atoms with Gasteiger partial charge >= 0.3 is 0 Å². The normalized spacial score (nSPS) is 24.5. The monoisotopic (exact) mass is 289 g/mol. The molecule has 2 N–H and O–H groups in total. The SMILES string of the molecule is CCNCC1CCN(S(=O)(=O)NCC2(C)CC2)CC1. The average Bonchev–Trinajstić information content (AvgIpc) is 3.13. The fourth-order valence-electron chi connectivity index (χ4n) is 2.45. The quantitative estimate of drug-likeness (QED) is 0.733. The first-order chi connectivity index (χ1) is 8.95. The van der Waals surface area contributed by atoms with Gasteiger partial charge in [0, 0.05) is 19.6 Å². The topological polar surface area (TPSA) is 61.4 Å². The molecule has 0 radical (unpaired) electrons. The van der Waals surface area contributed by atoms with Gasteiger partial charge in [0.2, 0.25) is 0 Å². The van der Waals surface area contributed by atoms with E-state index in [4.69, 9.17) is 0 Å². The molecular weight excluding hydrogens is 262 g/mol. The predicted octanol–water partition coefficient (Wildman–Crippen LogP) is 0.942. The Kier molecular flexibility index (Phi) is 4.87. The highest BCUT2D eigenvalue weighted by Crippen LogP contribution is 2.44. The zero-order valence-corrected chi connectivity index (χ0v) is 12.9. The minimum Gasteiger partial charge on any atom is -0.317 e. The standard InChI is InChI=1S/C13H27N3O2S/c1-3-14-10-12-4-8-16(9-5-12)19(17,18)15-11-13(2)6-7-13/h12,14-15H,3-11H2,1-2H3. The third-order valence-electron chi connectivity index (χ3n) is 4.38. The van der Waals surface area contributed by atoms with Crippen molar-refractivity contribution in [2.45, 2.75) is 39.5 Å². The zero-order valence-electron chi connectivity index (χ0n) is 12.1. The molecule has 0 aromatic carbocycles. The number of nitrogens with zero attached hydrogens (tertiary/aromatic N) is 1. The molecule has 1 aliphatic carbocycles. The van der Waals surface area contributed by atoms with Gasteiger partial charge in [-0.1, -0.05) is 13.8 Å². The van der Waals surface area contributed by atoms with E-state index in [0.717, 1.165) is 38.8 Å². The highest BCUT2D eigenvalue weighted by Gasteiger charge is 2.39. The van der Waals surface area contributed by atoms with Crippen LogP contribution in [0.3, 0.4) is 0 Å². The van der Waals surface area contributed by atoms with Crippen LogP contribution in [0.25, 0.3) is 0 Å². The summed E-state index contributed by atoms with van der Waals surface area (Å²) < 4.78 is 28.7. The first kappa shape index (κ1) is 15.2. The summed E-state index contributed by atoms with van der Waals surface area (Å²) in [7, 11) is -3.26. The molecule has 6 heteroatoms. The fraction of sp³-hybridized carbons (Fsp3) is 1.00. The first-order valence-electron chi connectivity index (χ1n) is 7.41. The van der Waals surface area contributed by atoms with Crippen molar-refractivity contribution in [3.8, 4) is 0 Å². The van der Waals surface area contributed by atoms with Gasteiger partial charge in [0.15, 0.2) is 0 Å². The third-order valence-corrected chi connectivity index (χ3v) is 5.94. The Morgan fingerprint density at radius 1 is 1.26 bits per heavy atom. The van der Waals surface area contributed by atoms with E-state index in [9.17, 15) is 8.42 Å². The van der Waals surface area contributed by atoms with E-state index >= 15 is 0 Å². The van der Waals surface area contributed by atoms with Gasteiger partial charge in [-0.15, -0.1) is 0 Å². The van der Waals surface area contributed by atoms with E-state index in [-0.39, 0.29) is 5.41 Å². The van der Waals surface area contributed by atoms with Crippen molar-refractivity contribution < 1.29 is 8.42 Å². The maximum absolute atomic E-state index is 12.2. The van der Waals surface area contributed by atoms with Gasteiger partial charge < -0.3 is 5.32 Å². The largest absolute Gasteiger partial charge is 0.317 e. The predicted molar refractivity (Wildman–Crippen MR) is 77.1 cm³/mol. The van der Waals surface area contributed by atoms with Gasteiger partial charge in [0.25, 0.3) is 10.2 Å². The molecule has 0 aromatic rings. The molecule has 0 bridgehead atoms. The molecule has 1 heterocycles. The number of nitrogens with one attached hydrogen (secondary N) is 2. The lowest BCUT2D eigenvalue weighted by Crippen LogP contribution is -2.47. The summed E-state index contributed by atoms with van der Waals surface area (Å²) in [5.74, 6) is 0.618. The fourth-order valence-corrected chi connectivity index (χ4v) is 3.85. The summed E-state index contributed by atoms with van der Waals surface area (Å²) in [6, 6.07) is 0. The molecule has 0 atom stereocenters. The third kappa shape index (κ3) is 4.41. The van der Waals surface area contributed by atoms with Crippen LogP contribution in [0.2, 0.25) is 0 Å². The van der Waals surface area contributed by atoms with Crippen LogP contribution in [-0.2, 0) is 10.2 Å². The summed E-state index contributed by atoms with van der Waals surface area (Å²) in [5, 5.41) is 3.34. The van der Waals surface area contributed by atoms with Crippen LogP contribution in [0.15, 0.2) is 0 Å². The molecule has 2 rings (SSSR count). The van der Waals surface area contributed by atoms with Crippen LogP contribution < -0.4 is 10.0 Å². The number of rotatable bonds is 7. The number of hydrogen-bond acceptors (Lipinski definition) is 3. The van der Waals surface area contributed by atoms with E-state index in [2.05, 4.69) is 23.9 Å². The summed E-state index contributed by atoms with van der Waals surface area (Å²) in [6.07, 6.45) is 4.21. The van der Waals surface area contributed by atoms with Crippen molar-refractivity contribution in [2.24, 2.45) is 11.3 Å². The van der Waals surface area contributed by atoms with Gasteiger partial charge in [-0.05, 0) is 50.1 Å². The van der Waals surface area contributed by atoms with Gasteiger partial charge in [0.05, 0.1) is 0 Å². The molecule has 0 amide bonds. The Balaban J connectivity index is 1.76. The minimum absolute atomic E-state index is 0.219. The second-order valence-corrected chi connectivity index (χ2v) is 8.04. The van der Waals surface area contributed by atoms with Crippen LogP contribution in [0.4, 0.5) is 0 Å². The van der Waals surface area contributed by atoms with Crippen LogP contribution in [0.1, 0.15) is 39.5 Å². The maximum atomic E-state index is 12.2. The summed E-state index contributed by atoms with van der Waals surface area (Å²) in [4.78, 5) is 0. The molecule has 2 fully saturated rings. The first-order valence-corrected chi connectivity index (χ1v) is 8.85. The molecule has 0 unspecified atom stereocenters. The molecule has 0 aromatic heterocycles. The Morgan fingerprint density at radius 2 is 1.89 bits per heavy atom. The van der Waals surface area contributed by atoms with E-state index in [1.165, 1.54) is 0 Å². The van der Waals surface area contributed by atoms with E-state index in [1.54, 1.807) is 4.31 Å². The van der Waals surface area contributed by atoms with Crippen LogP contribution in [0.5, 0.6) is 0 Å². The Bertz CT molecular complexity index is 385. The molecule has 112 valence electrons. The minimum atomic E-state index is -3.26. The molecule has 1 aliphatic heterocycles. The Hall–Kier alpha value is -0.170. The second kappa shape index (κ2) is 6.08. The van der Waals surface area contributed by atoms with Gasteiger partial charge in [-0.25, -0.2) is 4.72 Å². The average molecular weight is 289 g/mol. The van der Waals surface area contributed by atoms with Crippen molar-refractivity contribution >= 4 is 10.2 Å². The van der Waals surface area contributed by atoms with Crippen molar-refractivity contribution in [3.63, 3.8) is 0 Å². The van der Waals surface area contributed by atoms with E-state index < -0.39 is 10.2 Å². The van der Waals surface area contributed by atoms with Gasteiger partial charge in [0.1, 0.15) is 0 Å². The van der Waals surface area contributed by atoms with Crippen molar-refractivity contribution in [1.29, 1.82) is 0 Å².